The molecule has 1 aromatic carbocycles. The van der Waals surface area contributed by atoms with Crippen LogP contribution in [0.2, 0.25) is 0 Å². The lowest BCUT2D eigenvalue weighted by atomic mass is 9.98. The molecular formula is C12H15IO. The van der Waals surface area contributed by atoms with Crippen LogP contribution in [0.5, 0.6) is 0 Å². The molecule has 0 radical (unpaired) electrons. The molecule has 2 heteroatoms. The lowest BCUT2D eigenvalue weighted by molar-refractivity contribution is -0.121. The quantitative estimate of drug-likeness (QED) is 0.779. The van der Waals surface area contributed by atoms with Crippen LogP contribution in [0.15, 0.2) is 24.3 Å². The summed E-state index contributed by atoms with van der Waals surface area (Å²) in [5.41, 5.74) is 1.12. The molecular weight excluding hydrogens is 287 g/mol. The van der Waals surface area contributed by atoms with Gasteiger partial charge in [-0.1, -0.05) is 26.0 Å². The highest BCUT2D eigenvalue weighted by atomic mass is 127. The third-order valence-electron chi connectivity index (χ3n) is 2.45. The minimum atomic E-state index is 0.189. The second kappa shape index (κ2) is 5.49. The molecule has 0 N–H and O–H groups in total. The van der Waals surface area contributed by atoms with Gasteiger partial charge in [-0.3, -0.25) is 4.79 Å². The van der Waals surface area contributed by atoms with E-state index in [1.54, 1.807) is 0 Å². The summed E-state index contributed by atoms with van der Waals surface area (Å²) in [4.78, 5) is 11.6. The van der Waals surface area contributed by atoms with E-state index in [1.165, 1.54) is 3.57 Å². The van der Waals surface area contributed by atoms with Gasteiger partial charge >= 0.3 is 0 Å². The fraction of sp³-hybridized carbons (Fsp3) is 0.417. The van der Waals surface area contributed by atoms with Crippen molar-refractivity contribution in [1.82, 2.24) is 0 Å². The Balaban J connectivity index is 2.60. The fourth-order valence-electron chi connectivity index (χ4n) is 1.21. The Labute approximate surface area is 99.0 Å². The van der Waals surface area contributed by atoms with Gasteiger partial charge in [-0.25, -0.2) is 0 Å². The smallest absolute Gasteiger partial charge is 0.140 e. The van der Waals surface area contributed by atoms with Crippen LogP contribution >= 0.6 is 22.6 Å². The van der Waals surface area contributed by atoms with Crippen molar-refractivity contribution < 1.29 is 4.79 Å². The molecule has 0 aromatic heterocycles. The first-order valence-corrected chi connectivity index (χ1v) is 5.98. The van der Waals surface area contributed by atoms with Gasteiger partial charge < -0.3 is 0 Å². The molecule has 0 saturated heterocycles. The van der Waals surface area contributed by atoms with Gasteiger partial charge in [-0.05, 0) is 46.7 Å². The minimum Gasteiger partial charge on any atom is -0.299 e. The number of ketones is 1. The lowest BCUT2D eigenvalue weighted by Crippen LogP contribution is -2.12. The average Bonchev–Trinajstić information content (AvgIpc) is 2.20. The number of benzene rings is 1. The van der Waals surface area contributed by atoms with E-state index in [9.17, 15) is 4.79 Å². The number of hydrogen-bond acceptors (Lipinski definition) is 1. The van der Waals surface area contributed by atoms with Crippen LogP contribution in [-0.2, 0) is 11.2 Å². The Kier molecular flexibility index (Phi) is 4.58. The zero-order valence-electron chi connectivity index (χ0n) is 8.59. The number of carbonyl (C=O) groups is 1. The van der Waals surface area contributed by atoms with Gasteiger partial charge in [0.2, 0.25) is 0 Å². The monoisotopic (exact) mass is 302 g/mol. The third kappa shape index (κ3) is 3.40. The minimum absolute atomic E-state index is 0.189. The summed E-state index contributed by atoms with van der Waals surface area (Å²) in [6.45, 7) is 4.05. The summed E-state index contributed by atoms with van der Waals surface area (Å²) in [7, 11) is 0. The number of rotatable bonds is 4. The van der Waals surface area contributed by atoms with Crippen molar-refractivity contribution in [1.29, 1.82) is 0 Å². The van der Waals surface area contributed by atoms with E-state index < -0.39 is 0 Å². The highest BCUT2D eigenvalue weighted by Gasteiger charge is 2.10. The summed E-state index contributed by atoms with van der Waals surface area (Å²) in [6.07, 6.45) is 1.51. The van der Waals surface area contributed by atoms with Gasteiger partial charge in [0.1, 0.15) is 5.78 Å². The van der Waals surface area contributed by atoms with Crippen molar-refractivity contribution in [3.8, 4) is 0 Å². The molecule has 1 unspecified atom stereocenters. The molecule has 0 aliphatic heterocycles. The Hall–Kier alpha value is -0.380. The van der Waals surface area contributed by atoms with Crippen LogP contribution in [0, 0.1) is 9.49 Å². The molecule has 1 atom stereocenters. The van der Waals surface area contributed by atoms with Crippen molar-refractivity contribution in [2.24, 2.45) is 5.92 Å². The van der Waals surface area contributed by atoms with Gasteiger partial charge in [0.05, 0.1) is 0 Å². The molecule has 0 aliphatic carbocycles. The van der Waals surface area contributed by atoms with Crippen molar-refractivity contribution in [3.63, 3.8) is 0 Å². The molecule has 1 rings (SSSR count). The maximum atomic E-state index is 11.6. The first-order valence-electron chi connectivity index (χ1n) is 4.90. The van der Waals surface area contributed by atoms with Crippen LogP contribution in [0.1, 0.15) is 25.8 Å². The highest BCUT2D eigenvalue weighted by molar-refractivity contribution is 14.1. The van der Waals surface area contributed by atoms with E-state index in [0.29, 0.717) is 12.2 Å². The van der Waals surface area contributed by atoms with Crippen molar-refractivity contribution in [2.45, 2.75) is 26.7 Å². The first-order chi connectivity index (χ1) is 6.63. The van der Waals surface area contributed by atoms with Crippen LogP contribution in [-0.4, -0.2) is 5.78 Å². The third-order valence-corrected chi connectivity index (χ3v) is 3.17. The second-order valence-corrected chi connectivity index (χ2v) is 4.82. The lowest BCUT2D eigenvalue weighted by Gasteiger charge is -2.06. The van der Waals surface area contributed by atoms with Gasteiger partial charge in [0.25, 0.3) is 0 Å². The van der Waals surface area contributed by atoms with Gasteiger partial charge in [-0.2, -0.15) is 0 Å². The predicted molar refractivity (Wildman–Crippen MR) is 67.3 cm³/mol. The van der Waals surface area contributed by atoms with Gasteiger partial charge in [0.15, 0.2) is 0 Å². The summed E-state index contributed by atoms with van der Waals surface area (Å²) in [5, 5.41) is 0. The second-order valence-electron chi connectivity index (χ2n) is 3.58. The molecule has 1 nitrogen and oxygen atoms in total. The van der Waals surface area contributed by atoms with E-state index in [-0.39, 0.29) is 5.92 Å². The summed E-state index contributed by atoms with van der Waals surface area (Å²) in [5.74, 6) is 0.531. The molecule has 0 fully saturated rings. The Bertz CT molecular complexity index is 303. The highest BCUT2D eigenvalue weighted by Crippen LogP contribution is 2.11. The Morgan fingerprint density at radius 3 is 2.43 bits per heavy atom. The van der Waals surface area contributed by atoms with Crippen molar-refractivity contribution in [2.75, 3.05) is 0 Å². The maximum absolute atomic E-state index is 11.6. The number of halogens is 1. The number of carbonyl (C=O) groups excluding carboxylic acids is 1. The van der Waals surface area contributed by atoms with E-state index in [0.717, 1.165) is 12.0 Å². The molecule has 0 aliphatic rings. The Morgan fingerprint density at radius 1 is 1.36 bits per heavy atom. The van der Waals surface area contributed by atoms with Crippen LogP contribution in [0.3, 0.4) is 0 Å². The maximum Gasteiger partial charge on any atom is 0.140 e. The normalized spacial score (nSPS) is 12.5. The molecule has 0 amide bonds. The summed E-state index contributed by atoms with van der Waals surface area (Å²) >= 11 is 2.27. The fourth-order valence-corrected chi connectivity index (χ4v) is 1.56. The van der Waals surface area contributed by atoms with E-state index in [4.69, 9.17) is 0 Å². The zero-order chi connectivity index (χ0) is 10.6. The number of hydrogen-bond donors (Lipinski definition) is 0. The SMILES string of the molecule is CCC(C)C(=O)Cc1ccc(I)cc1. The molecule has 0 saturated carbocycles. The van der Waals surface area contributed by atoms with Crippen LogP contribution in [0.4, 0.5) is 0 Å². The predicted octanol–water partition coefficient (Wildman–Crippen LogP) is 3.45. The van der Waals surface area contributed by atoms with Crippen LogP contribution in [0.25, 0.3) is 0 Å². The molecule has 76 valence electrons. The molecule has 1 aromatic rings. The molecule has 0 spiro atoms. The standard InChI is InChI=1S/C12H15IO/c1-3-9(2)12(14)8-10-4-6-11(13)7-5-10/h4-7,9H,3,8H2,1-2H3. The summed E-state index contributed by atoms with van der Waals surface area (Å²) < 4.78 is 1.21. The van der Waals surface area contributed by atoms with Gasteiger partial charge in [-0.15, -0.1) is 0 Å². The average molecular weight is 302 g/mol. The Morgan fingerprint density at radius 2 is 1.93 bits per heavy atom. The molecule has 0 heterocycles. The molecule has 0 bridgehead atoms. The van der Waals surface area contributed by atoms with Crippen molar-refractivity contribution in [3.05, 3.63) is 33.4 Å². The first kappa shape index (κ1) is 11.7. The van der Waals surface area contributed by atoms with Crippen molar-refractivity contribution >= 4 is 28.4 Å². The largest absolute Gasteiger partial charge is 0.299 e. The van der Waals surface area contributed by atoms with E-state index >= 15 is 0 Å². The topological polar surface area (TPSA) is 17.1 Å². The van der Waals surface area contributed by atoms with E-state index in [1.807, 2.05) is 31.2 Å². The van der Waals surface area contributed by atoms with E-state index in [2.05, 4.69) is 29.5 Å². The molecule has 14 heavy (non-hydrogen) atoms. The zero-order valence-corrected chi connectivity index (χ0v) is 10.7. The van der Waals surface area contributed by atoms with Gasteiger partial charge in [0, 0.05) is 15.9 Å². The number of Topliss-reactive ketones (excluding diaryl/α,β-unsaturated/α-hetero) is 1. The summed E-state index contributed by atoms with van der Waals surface area (Å²) in [6, 6.07) is 8.14. The van der Waals surface area contributed by atoms with Crippen LogP contribution < -0.4 is 0 Å².